The van der Waals surface area contributed by atoms with Crippen molar-refractivity contribution in [1.82, 2.24) is 19.5 Å². The highest BCUT2D eigenvalue weighted by molar-refractivity contribution is 5.84. The summed E-state index contributed by atoms with van der Waals surface area (Å²) in [6, 6.07) is 7.57. The zero-order chi connectivity index (χ0) is 20.5. The quantitative estimate of drug-likeness (QED) is 0.368. The van der Waals surface area contributed by atoms with Crippen LogP contribution in [0.4, 0.5) is 11.8 Å². The maximum atomic E-state index is 10.3. The van der Waals surface area contributed by atoms with Gasteiger partial charge in [-0.1, -0.05) is 12.1 Å². The molecule has 3 aromatic rings. The predicted molar refractivity (Wildman–Crippen MR) is 103 cm³/mol. The Morgan fingerprint density at radius 2 is 2.10 bits per heavy atom. The maximum absolute atomic E-state index is 10.3. The van der Waals surface area contributed by atoms with Crippen LogP contribution in [-0.4, -0.2) is 66.9 Å². The van der Waals surface area contributed by atoms with Crippen LogP contribution in [0.3, 0.4) is 0 Å². The number of fused-ring (bicyclic) bond motifs is 1. The molecule has 0 amide bonds. The van der Waals surface area contributed by atoms with Gasteiger partial charge in [0.15, 0.2) is 23.2 Å². The molecule has 0 aliphatic carbocycles. The van der Waals surface area contributed by atoms with Gasteiger partial charge < -0.3 is 35.8 Å². The molecular formula is C18H22N6O5. The Labute approximate surface area is 165 Å². The van der Waals surface area contributed by atoms with Crippen molar-refractivity contribution in [3.05, 3.63) is 36.2 Å². The number of imidazole rings is 1. The molecule has 3 heterocycles. The molecule has 2 aromatic heterocycles. The van der Waals surface area contributed by atoms with E-state index in [2.05, 4.69) is 20.3 Å². The van der Waals surface area contributed by atoms with Gasteiger partial charge in [-0.25, -0.2) is 4.98 Å². The van der Waals surface area contributed by atoms with Gasteiger partial charge in [-0.3, -0.25) is 4.57 Å². The number of benzene rings is 1. The Morgan fingerprint density at radius 1 is 1.28 bits per heavy atom. The van der Waals surface area contributed by atoms with Gasteiger partial charge in [0.1, 0.15) is 24.1 Å². The van der Waals surface area contributed by atoms with E-state index in [9.17, 15) is 15.3 Å². The summed E-state index contributed by atoms with van der Waals surface area (Å²) in [4.78, 5) is 12.7. The average molecular weight is 402 g/mol. The maximum Gasteiger partial charge on any atom is 0.224 e. The number of nitrogens with two attached hydrogens (primary N) is 1. The number of ether oxygens (including phenoxy) is 2. The van der Waals surface area contributed by atoms with Gasteiger partial charge in [-0.2, -0.15) is 9.97 Å². The highest BCUT2D eigenvalue weighted by atomic mass is 16.6. The smallest absolute Gasteiger partial charge is 0.224 e. The van der Waals surface area contributed by atoms with Crippen molar-refractivity contribution in [3.8, 4) is 5.75 Å². The lowest BCUT2D eigenvalue weighted by Gasteiger charge is -2.16. The third-order valence-corrected chi connectivity index (χ3v) is 4.82. The number of hydrogen-bond donors (Lipinski definition) is 5. The number of nitrogens with zero attached hydrogens (tertiary/aromatic N) is 4. The van der Waals surface area contributed by atoms with E-state index >= 15 is 0 Å². The number of aliphatic hydroxyl groups is 3. The molecule has 1 aliphatic heterocycles. The van der Waals surface area contributed by atoms with E-state index in [1.54, 1.807) is 7.11 Å². The Kier molecular flexibility index (Phi) is 5.20. The van der Waals surface area contributed by atoms with Crippen LogP contribution in [0.2, 0.25) is 0 Å². The topological polar surface area (TPSA) is 161 Å². The summed E-state index contributed by atoms with van der Waals surface area (Å²) in [5.41, 5.74) is 7.60. The molecule has 0 radical (unpaired) electrons. The first-order valence-corrected chi connectivity index (χ1v) is 9.01. The largest absolute Gasteiger partial charge is 0.497 e. The molecule has 1 aromatic carbocycles. The highest BCUT2D eigenvalue weighted by Crippen LogP contribution is 2.32. The number of aliphatic hydroxyl groups excluding tert-OH is 3. The second-order valence-corrected chi connectivity index (χ2v) is 6.69. The zero-order valence-corrected chi connectivity index (χ0v) is 15.6. The summed E-state index contributed by atoms with van der Waals surface area (Å²) >= 11 is 0. The van der Waals surface area contributed by atoms with Crippen LogP contribution in [-0.2, 0) is 11.3 Å². The average Bonchev–Trinajstić information content (AvgIpc) is 3.27. The number of methoxy groups -OCH3 is 1. The summed E-state index contributed by atoms with van der Waals surface area (Å²) in [6.45, 7) is 0.0231. The predicted octanol–water partition coefficient (Wildman–Crippen LogP) is -0.359. The SMILES string of the molecule is COc1cccc(CNc2nc(N)nc3c2ncn3[C@@H]2O[C@H](CO)[C@@H](O)[C@H]2O)c1. The van der Waals surface area contributed by atoms with Crippen LogP contribution >= 0.6 is 0 Å². The number of hydrogen-bond acceptors (Lipinski definition) is 10. The summed E-state index contributed by atoms with van der Waals surface area (Å²) in [5, 5.41) is 32.8. The van der Waals surface area contributed by atoms with Gasteiger partial charge in [0, 0.05) is 6.54 Å². The highest BCUT2D eigenvalue weighted by Gasteiger charge is 2.44. The number of anilines is 2. The minimum absolute atomic E-state index is 0.0131. The van der Waals surface area contributed by atoms with E-state index in [0.717, 1.165) is 11.3 Å². The lowest BCUT2D eigenvalue weighted by molar-refractivity contribution is -0.0511. The minimum Gasteiger partial charge on any atom is -0.497 e. The van der Waals surface area contributed by atoms with Gasteiger partial charge >= 0.3 is 0 Å². The molecule has 1 fully saturated rings. The fourth-order valence-electron chi connectivity index (χ4n) is 3.32. The minimum atomic E-state index is -1.26. The van der Waals surface area contributed by atoms with Gasteiger partial charge in [0.05, 0.1) is 20.0 Å². The van der Waals surface area contributed by atoms with Crippen molar-refractivity contribution in [3.63, 3.8) is 0 Å². The molecule has 1 aliphatic rings. The molecule has 1 saturated heterocycles. The summed E-state index contributed by atoms with van der Waals surface area (Å²) in [7, 11) is 1.60. The van der Waals surface area contributed by atoms with Crippen molar-refractivity contribution in [2.24, 2.45) is 0 Å². The van der Waals surface area contributed by atoms with Gasteiger partial charge in [0.2, 0.25) is 5.95 Å². The van der Waals surface area contributed by atoms with Crippen LogP contribution in [0.25, 0.3) is 11.2 Å². The Balaban J connectivity index is 1.63. The first kappa shape index (κ1) is 19.3. The van der Waals surface area contributed by atoms with E-state index in [0.29, 0.717) is 23.5 Å². The Bertz CT molecular complexity index is 1010. The van der Waals surface area contributed by atoms with Crippen LogP contribution in [0, 0.1) is 0 Å². The summed E-state index contributed by atoms with van der Waals surface area (Å²) in [6.07, 6.45) is -2.93. The molecule has 6 N–H and O–H groups in total. The molecule has 29 heavy (non-hydrogen) atoms. The van der Waals surface area contributed by atoms with Crippen molar-refractivity contribution in [2.75, 3.05) is 24.8 Å². The van der Waals surface area contributed by atoms with Gasteiger partial charge in [-0.05, 0) is 17.7 Å². The molecule has 4 atom stereocenters. The molecular weight excluding hydrogens is 380 g/mol. The zero-order valence-electron chi connectivity index (χ0n) is 15.6. The Morgan fingerprint density at radius 3 is 2.83 bits per heavy atom. The molecule has 11 nitrogen and oxygen atoms in total. The summed E-state index contributed by atoms with van der Waals surface area (Å²) in [5.74, 6) is 1.17. The van der Waals surface area contributed by atoms with E-state index < -0.39 is 31.1 Å². The number of nitrogen functional groups attached to an aromatic ring is 1. The molecule has 0 saturated carbocycles. The molecule has 154 valence electrons. The fourth-order valence-corrected chi connectivity index (χ4v) is 3.32. The molecule has 0 unspecified atom stereocenters. The van der Waals surface area contributed by atoms with Crippen LogP contribution in [0.1, 0.15) is 11.8 Å². The lowest BCUT2D eigenvalue weighted by atomic mass is 10.1. The molecule has 0 bridgehead atoms. The van der Waals surface area contributed by atoms with Crippen LogP contribution < -0.4 is 15.8 Å². The van der Waals surface area contributed by atoms with Crippen LogP contribution in [0.15, 0.2) is 30.6 Å². The van der Waals surface area contributed by atoms with E-state index in [4.69, 9.17) is 15.2 Å². The fraction of sp³-hybridized carbons (Fsp3) is 0.389. The van der Waals surface area contributed by atoms with E-state index in [1.165, 1.54) is 10.9 Å². The normalized spacial score (nSPS) is 24.1. The number of aromatic nitrogens is 4. The first-order chi connectivity index (χ1) is 14.0. The van der Waals surface area contributed by atoms with E-state index in [-0.39, 0.29) is 5.95 Å². The monoisotopic (exact) mass is 402 g/mol. The second kappa shape index (κ2) is 7.79. The summed E-state index contributed by atoms with van der Waals surface area (Å²) < 4.78 is 12.3. The molecule has 4 rings (SSSR count). The third-order valence-electron chi connectivity index (χ3n) is 4.82. The van der Waals surface area contributed by atoms with Crippen LogP contribution in [0.5, 0.6) is 5.75 Å². The standard InChI is InChI=1S/C18H22N6O5/c1-28-10-4-2-3-9(5-10)6-20-15-12-16(23-18(19)22-15)24(8-21-12)17-14(27)13(26)11(7-25)29-17/h2-5,8,11,13-14,17,25-27H,6-7H2,1H3,(H3,19,20,22,23)/t11-,13-,14-,17-/m1/s1. The second-order valence-electron chi connectivity index (χ2n) is 6.69. The van der Waals surface area contributed by atoms with Crippen molar-refractivity contribution in [2.45, 2.75) is 31.1 Å². The van der Waals surface area contributed by atoms with Gasteiger partial charge in [0.25, 0.3) is 0 Å². The lowest BCUT2D eigenvalue weighted by Crippen LogP contribution is -2.33. The molecule has 0 spiro atoms. The molecule has 11 heteroatoms. The Hall–Kier alpha value is -2.99. The van der Waals surface area contributed by atoms with Crippen molar-refractivity contribution in [1.29, 1.82) is 0 Å². The van der Waals surface area contributed by atoms with Gasteiger partial charge in [-0.15, -0.1) is 0 Å². The third kappa shape index (κ3) is 3.56. The van der Waals surface area contributed by atoms with Crippen molar-refractivity contribution < 1.29 is 24.8 Å². The first-order valence-electron chi connectivity index (χ1n) is 9.01. The number of nitrogens with one attached hydrogen (secondary N) is 1. The van der Waals surface area contributed by atoms with Crippen molar-refractivity contribution >= 4 is 22.9 Å². The number of rotatable bonds is 6. The van der Waals surface area contributed by atoms with E-state index in [1.807, 2.05) is 24.3 Å².